The number of hydrogen-bond acceptors (Lipinski definition) is 3. The zero-order valence-electron chi connectivity index (χ0n) is 15.0. The highest BCUT2D eigenvalue weighted by molar-refractivity contribution is 5.66. The maximum absolute atomic E-state index is 11.4. The number of carbonyl (C=O) groups is 1. The molecule has 1 rings (SSSR count). The van der Waals surface area contributed by atoms with E-state index in [1.807, 2.05) is 32.0 Å². The lowest BCUT2D eigenvalue weighted by Gasteiger charge is -2.37. The Balaban J connectivity index is 3.00. The summed E-state index contributed by atoms with van der Waals surface area (Å²) in [4.78, 5) is 11.4. The van der Waals surface area contributed by atoms with Crippen LogP contribution < -0.4 is 0 Å². The maximum atomic E-state index is 11.4. The van der Waals surface area contributed by atoms with Crippen molar-refractivity contribution in [1.82, 2.24) is 0 Å². The molecule has 0 amide bonds. The molecule has 0 aliphatic carbocycles. The standard InChI is InChI=1S/C19H30O3/c1-14(2)18(4,5)21-13-17(16-11-9-8-10-12-16)19(6,7)22-15(3)20/h8-12,14,17H,13H2,1-7H3. The second-order valence-corrected chi connectivity index (χ2v) is 7.23. The van der Waals surface area contributed by atoms with Gasteiger partial charge in [-0.1, -0.05) is 44.2 Å². The fraction of sp³-hybridized carbons (Fsp3) is 0.632. The molecular weight excluding hydrogens is 276 g/mol. The number of benzene rings is 1. The van der Waals surface area contributed by atoms with Crippen LogP contribution >= 0.6 is 0 Å². The summed E-state index contributed by atoms with van der Waals surface area (Å²) in [6, 6.07) is 10.1. The number of carbonyl (C=O) groups excluding carboxylic acids is 1. The van der Waals surface area contributed by atoms with E-state index in [0.717, 1.165) is 5.56 Å². The summed E-state index contributed by atoms with van der Waals surface area (Å²) in [6.07, 6.45) is 0. The van der Waals surface area contributed by atoms with Crippen LogP contribution in [0.2, 0.25) is 0 Å². The Bertz CT molecular complexity index is 475. The second-order valence-electron chi connectivity index (χ2n) is 7.23. The molecule has 124 valence electrons. The molecule has 0 aliphatic heterocycles. The smallest absolute Gasteiger partial charge is 0.303 e. The lowest BCUT2D eigenvalue weighted by Crippen LogP contribution is -2.40. The average Bonchev–Trinajstić information content (AvgIpc) is 2.37. The van der Waals surface area contributed by atoms with Crippen LogP contribution in [0.1, 0.15) is 59.9 Å². The first-order valence-electron chi connectivity index (χ1n) is 7.94. The van der Waals surface area contributed by atoms with E-state index in [2.05, 4.69) is 39.8 Å². The van der Waals surface area contributed by atoms with Gasteiger partial charge in [-0.2, -0.15) is 0 Å². The van der Waals surface area contributed by atoms with Crippen LogP contribution in [0.25, 0.3) is 0 Å². The van der Waals surface area contributed by atoms with Crippen molar-refractivity contribution in [2.75, 3.05) is 6.61 Å². The van der Waals surface area contributed by atoms with Crippen molar-refractivity contribution in [3.05, 3.63) is 35.9 Å². The SMILES string of the molecule is CC(=O)OC(C)(C)C(COC(C)(C)C(C)C)c1ccccc1. The van der Waals surface area contributed by atoms with Crippen LogP contribution in [0.15, 0.2) is 30.3 Å². The highest BCUT2D eigenvalue weighted by Gasteiger charge is 2.36. The van der Waals surface area contributed by atoms with Gasteiger partial charge in [0.2, 0.25) is 0 Å². The van der Waals surface area contributed by atoms with Crippen LogP contribution in [0.4, 0.5) is 0 Å². The zero-order valence-corrected chi connectivity index (χ0v) is 15.0. The molecule has 3 heteroatoms. The molecule has 1 aromatic rings. The molecule has 0 aliphatic rings. The predicted molar refractivity (Wildman–Crippen MR) is 89.9 cm³/mol. The van der Waals surface area contributed by atoms with E-state index in [1.54, 1.807) is 0 Å². The van der Waals surface area contributed by atoms with Gasteiger partial charge in [-0.3, -0.25) is 4.79 Å². The van der Waals surface area contributed by atoms with Crippen LogP contribution in [-0.4, -0.2) is 23.8 Å². The lowest BCUT2D eigenvalue weighted by atomic mass is 9.84. The van der Waals surface area contributed by atoms with Gasteiger partial charge < -0.3 is 9.47 Å². The topological polar surface area (TPSA) is 35.5 Å². The maximum Gasteiger partial charge on any atom is 0.303 e. The summed E-state index contributed by atoms with van der Waals surface area (Å²) in [6.45, 7) is 14.3. The number of rotatable bonds is 7. The highest BCUT2D eigenvalue weighted by Crippen LogP contribution is 2.34. The lowest BCUT2D eigenvalue weighted by molar-refractivity contribution is -0.159. The molecule has 0 radical (unpaired) electrons. The summed E-state index contributed by atoms with van der Waals surface area (Å²) in [5, 5.41) is 0. The Labute approximate surface area is 135 Å². The van der Waals surface area contributed by atoms with Crippen molar-refractivity contribution in [2.24, 2.45) is 5.92 Å². The summed E-state index contributed by atoms with van der Waals surface area (Å²) >= 11 is 0. The van der Waals surface area contributed by atoms with Crippen molar-refractivity contribution in [3.8, 4) is 0 Å². The predicted octanol–water partition coefficient (Wildman–Crippen LogP) is 4.56. The van der Waals surface area contributed by atoms with Gasteiger partial charge >= 0.3 is 5.97 Å². The Hall–Kier alpha value is -1.35. The number of hydrogen-bond donors (Lipinski definition) is 0. The van der Waals surface area contributed by atoms with Crippen molar-refractivity contribution < 1.29 is 14.3 Å². The molecule has 3 nitrogen and oxygen atoms in total. The van der Waals surface area contributed by atoms with Crippen LogP contribution in [0, 0.1) is 5.92 Å². The van der Waals surface area contributed by atoms with E-state index in [4.69, 9.17) is 9.47 Å². The third-order valence-electron chi connectivity index (χ3n) is 4.46. The van der Waals surface area contributed by atoms with Crippen molar-refractivity contribution in [2.45, 2.75) is 65.6 Å². The average molecular weight is 306 g/mol. The minimum atomic E-state index is -0.625. The Kier molecular flexibility index (Phi) is 6.18. The molecule has 0 N–H and O–H groups in total. The summed E-state index contributed by atoms with van der Waals surface area (Å²) < 4.78 is 11.7. The normalized spacial score (nSPS) is 14.0. The van der Waals surface area contributed by atoms with Crippen LogP contribution in [-0.2, 0) is 14.3 Å². The van der Waals surface area contributed by atoms with Gasteiger partial charge in [-0.15, -0.1) is 0 Å². The molecule has 0 aromatic heterocycles. The van der Waals surface area contributed by atoms with Gasteiger partial charge in [0, 0.05) is 12.8 Å². The first kappa shape index (κ1) is 18.7. The molecule has 0 bridgehead atoms. The third kappa shape index (κ3) is 5.13. The second kappa shape index (κ2) is 7.28. The molecule has 1 aromatic carbocycles. The quantitative estimate of drug-likeness (QED) is 0.693. The van der Waals surface area contributed by atoms with E-state index in [-0.39, 0.29) is 17.5 Å². The zero-order chi connectivity index (χ0) is 17.0. The largest absolute Gasteiger partial charge is 0.459 e. The molecule has 1 atom stereocenters. The fourth-order valence-corrected chi connectivity index (χ4v) is 2.29. The molecule has 0 saturated carbocycles. The Morgan fingerprint density at radius 3 is 2.05 bits per heavy atom. The van der Waals surface area contributed by atoms with E-state index in [9.17, 15) is 4.79 Å². The van der Waals surface area contributed by atoms with Gasteiger partial charge in [0.25, 0.3) is 0 Å². The third-order valence-corrected chi connectivity index (χ3v) is 4.46. The van der Waals surface area contributed by atoms with Crippen molar-refractivity contribution in [3.63, 3.8) is 0 Å². The Morgan fingerprint density at radius 1 is 1.05 bits per heavy atom. The van der Waals surface area contributed by atoms with E-state index >= 15 is 0 Å². The first-order chi connectivity index (χ1) is 10.1. The summed E-state index contributed by atoms with van der Waals surface area (Å²) in [5.41, 5.74) is 0.271. The van der Waals surface area contributed by atoms with Crippen molar-refractivity contribution >= 4 is 5.97 Å². The van der Waals surface area contributed by atoms with Gasteiger partial charge in [-0.25, -0.2) is 0 Å². The minimum absolute atomic E-state index is 0.0179. The van der Waals surface area contributed by atoms with E-state index in [1.165, 1.54) is 6.92 Å². The van der Waals surface area contributed by atoms with Crippen LogP contribution in [0.3, 0.4) is 0 Å². The first-order valence-corrected chi connectivity index (χ1v) is 7.94. The van der Waals surface area contributed by atoms with Gasteiger partial charge in [0.1, 0.15) is 5.60 Å². The summed E-state index contributed by atoms with van der Waals surface area (Å²) in [5.74, 6) is 0.116. The highest BCUT2D eigenvalue weighted by atomic mass is 16.6. The van der Waals surface area contributed by atoms with Gasteiger partial charge in [-0.05, 0) is 39.2 Å². The number of esters is 1. The van der Waals surface area contributed by atoms with Gasteiger partial charge in [0.15, 0.2) is 0 Å². The molecule has 1 unspecified atom stereocenters. The monoisotopic (exact) mass is 306 g/mol. The van der Waals surface area contributed by atoms with Crippen molar-refractivity contribution in [1.29, 1.82) is 0 Å². The number of ether oxygens (including phenoxy) is 2. The molecule has 0 heterocycles. The Morgan fingerprint density at radius 2 is 1.59 bits per heavy atom. The molecule has 0 fully saturated rings. The van der Waals surface area contributed by atoms with Crippen LogP contribution in [0.5, 0.6) is 0 Å². The summed E-state index contributed by atoms with van der Waals surface area (Å²) in [7, 11) is 0. The molecular formula is C19H30O3. The van der Waals surface area contributed by atoms with E-state index < -0.39 is 5.60 Å². The molecule has 22 heavy (non-hydrogen) atoms. The fourth-order valence-electron chi connectivity index (χ4n) is 2.29. The minimum Gasteiger partial charge on any atom is -0.459 e. The molecule has 0 saturated heterocycles. The van der Waals surface area contributed by atoms with Gasteiger partial charge in [0.05, 0.1) is 12.2 Å². The van der Waals surface area contributed by atoms with E-state index in [0.29, 0.717) is 12.5 Å². The molecule has 0 spiro atoms.